The largest absolute Gasteiger partial charge is 0.355 e. The summed E-state index contributed by atoms with van der Waals surface area (Å²) in [5, 5.41) is 17.2. The first-order valence-corrected chi connectivity index (χ1v) is 9.03. The average molecular weight is 492 g/mol. The van der Waals surface area contributed by atoms with Gasteiger partial charge in [-0.3, -0.25) is 9.79 Å². The van der Waals surface area contributed by atoms with Crippen molar-refractivity contribution < 1.29 is 4.79 Å². The van der Waals surface area contributed by atoms with E-state index in [4.69, 9.17) is 0 Å². The Morgan fingerprint density at radius 3 is 2.65 bits per heavy atom. The third kappa shape index (κ3) is 6.52. The van der Waals surface area contributed by atoms with Gasteiger partial charge in [0.05, 0.1) is 11.2 Å². The van der Waals surface area contributed by atoms with E-state index in [1.165, 1.54) is 11.3 Å². The van der Waals surface area contributed by atoms with Gasteiger partial charge in [0, 0.05) is 39.6 Å². The van der Waals surface area contributed by atoms with E-state index >= 15 is 0 Å². The first-order chi connectivity index (χ1) is 12.2. The van der Waals surface area contributed by atoms with Crippen LogP contribution in [0.1, 0.15) is 28.1 Å². The topological polar surface area (TPSA) is 109 Å². The van der Waals surface area contributed by atoms with Crippen LogP contribution in [0.2, 0.25) is 0 Å². The number of carbonyl (C=O) groups is 1. The second kappa shape index (κ2) is 11.8. The van der Waals surface area contributed by atoms with Crippen molar-refractivity contribution in [3.8, 4) is 0 Å². The van der Waals surface area contributed by atoms with E-state index in [1.807, 2.05) is 11.5 Å². The molecule has 0 atom stereocenters. The lowest BCUT2D eigenvalue weighted by atomic mass is 10.4. The number of carbonyl (C=O) groups excluding carboxylic acids is 1. The standard InChI is InChI=1S/C15H24N8OS.HI/c1-4-12-22-21-9-23(12)8-7-19-15(16-3)18-6-5-17-14(24)13-11(2)20-10-25-13;/h9-10H,4-8H2,1-3H3,(H,17,24)(H2,16,18,19);1H. The first-order valence-electron chi connectivity index (χ1n) is 8.15. The monoisotopic (exact) mass is 492 g/mol. The fourth-order valence-corrected chi connectivity index (χ4v) is 2.93. The summed E-state index contributed by atoms with van der Waals surface area (Å²) in [5.74, 6) is 1.56. The molecule has 0 saturated carbocycles. The number of guanidine groups is 1. The lowest BCUT2D eigenvalue weighted by Crippen LogP contribution is -2.42. The number of nitrogens with one attached hydrogen (secondary N) is 3. The summed E-state index contributed by atoms with van der Waals surface area (Å²) >= 11 is 1.35. The van der Waals surface area contributed by atoms with Gasteiger partial charge in [0.2, 0.25) is 0 Å². The molecule has 3 N–H and O–H groups in total. The summed E-state index contributed by atoms with van der Waals surface area (Å²) in [7, 11) is 1.71. The fourth-order valence-electron chi connectivity index (χ4n) is 2.21. The highest BCUT2D eigenvalue weighted by molar-refractivity contribution is 14.0. The number of nitrogens with zero attached hydrogens (tertiary/aromatic N) is 5. The van der Waals surface area contributed by atoms with Crippen LogP contribution in [0.25, 0.3) is 0 Å². The van der Waals surface area contributed by atoms with Crippen LogP contribution in [0.4, 0.5) is 0 Å². The Kier molecular flexibility index (Phi) is 10.1. The Hall–Kier alpha value is -1.76. The number of halogens is 1. The van der Waals surface area contributed by atoms with Crippen molar-refractivity contribution in [1.29, 1.82) is 0 Å². The Balaban J connectivity index is 0.00000338. The lowest BCUT2D eigenvalue weighted by molar-refractivity contribution is 0.0957. The first kappa shape index (κ1) is 22.3. The molecule has 1 amide bonds. The highest BCUT2D eigenvalue weighted by atomic mass is 127. The zero-order chi connectivity index (χ0) is 18.1. The van der Waals surface area contributed by atoms with Gasteiger partial charge in [0.25, 0.3) is 5.91 Å². The Labute approximate surface area is 174 Å². The van der Waals surface area contributed by atoms with Crippen molar-refractivity contribution in [1.82, 2.24) is 35.7 Å². The highest BCUT2D eigenvalue weighted by Gasteiger charge is 2.10. The third-order valence-electron chi connectivity index (χ3n) is 3.54. The van der Waals surface area contributed by atoms with Crippen LogP contribution < -0.4 is 16.0 Å². The molecule has 26 heavy (non-hydrogen) atoms. The van der Waals surface area contributed by atoms with Crippen molar-refractivity contribution in [2.24, 2.45) is 4.99 Å². The summed E-state index contributed by atoms with van der Waals surface area (Å²) in [5.41, 5.74) is 2.43. The van der Waals surface area contributed by atoms with Crippen LogP contribution in [-0.2, 0) is 13.0 Å². The number of aliphatic imine (C=N–C) groups is 1. The van der Waals surface area contributed by atoms with Crippen molar-refractivity contribution in [3.05, 3.63) is 28.2 Å². The number of hydrogen-bond donors (Lipinski definition) is 3. The number of aromatic nitrogens is 4. The van der Waals surface area contributed by atoms with Crippen LogP contribution in [0.5, 0.6) is 0 Å². The van der Waals surface area contributed by atoms with Crippen LogP contribution in [0, 0.1) is 6.92 Å². The molecule has 0 unspecified atom stereocenters. The SMILES string of the molecule is CCc1nncn1CCNC(=NC)NCCNC(=O)c1scnc1C.I. The highest BCUT2D eigenvalue weighted by Crippen LogP contribution is 2.10. The molecule has 0 aliphatic carbocycles. The summed E-state index contributed by atoms with van der Waals surface area (Å²) in [6.45, 7) is 6.43. The van der Waals surface area contributed by atoms with Gasteiger partial charge in [0.1, 0.15) is 17.0 Å². The molecule has 11 heteroatoms. The average Bonchev–Trinajstić information content (AvgIpc) is 3.25. The number of hydrogen-bond acceptors (Lipinski definition) is 6. The van der Waals surface area contributed by atoms with E-state index in [-0.39, 0.29) is 29.9 Å². The molecule has 144 valence electrons. The van der Waals surface area contributed by atoms with Gasteiger partial charge in [-0.25, -0.2) is 4.98 Å². The lowest BCUT2D eigenvalue weighted by Gasteiger charge is -2.13. The van der Waals surface area contributed by atoms with Gasteiger partial charge < -0.3 is 20.5 Å². The second-order valence-corrected chi connectivity index (χ2v) is 6.10. The molecular weight excluding hydrogens is 467 g/mol. The van der Waals surface area contributed by atoms with Crippen molar-refractivity contribution in [3.63, 3.8) is 0 Å². The number of aryl methyl sites for hydroxylation is 2. The van der Waals surface area contributed by atoms with Gasteiger partial charge in [-0.05, 0) is 6.92 Å². The van der Waals surface area contributed by atoms with Crippen molar-refractivity contribution in [2.45, 2.75) is 26.8 Å². The molecule has 0 radical (unpaired) electrons. The minimum absolute atomic E-state index is 0. The molecule has 2 aromatic rings. The van der Waals surface area contributed by atoms with E-state index in [9.17, 15) is 4.79 Å². The molecule has 2 aromatic heterocycles. The van der Waals surface area contributed by atoms with Gasteiger partial charge >= 0.3 is 0 Å². The maximum absolute atomic E-state index is 12.0. The molecule has 2 heterocycles. The zero-order valence-corrected chi connectivity index (χ0v) is 18.3. The smallest absolute Gasteiger partial charge is 0.263 e. The van der Waals surface area contributed by atoms with Gasteiger partial charge in [-0.2, -0.15) is 0 Å². The maximum Gasteiger partial charge on any atom is 0.263 e. The quantitative estimate of drug-likeness (QED) is 0.218. The number of thiazole rings is 1. The van der Waals surface area contributed by atoms with E-state index in [0.717, 1.165) is 24.5 Å². The Bertz CT molecular complexity index is 714. The van der Waals surface area contributed by atoms with Gasteiger partial charge in [-0.1, -0.05) is 6.92 Å². The number of amides is 1. The molecule has 0 fully saturated rings. The van der Waals surface area contributed by atoms with E-state index in [0.29, 0.717) is 30.5 Å². The van der Waals surface area contributed by atoms with E-state index < -0.39 is 0 Å². The van der Waals surface area contributed by atoms with Crippen LogP contribution in [-0.4, -0.2) is 58.3 Å². The molecule has 9 nitrogen and oxygen atoms in total. The summed E-state index contributed by atoms with van der Waals surface area (Å²) < 4.78 is 2.01. The molecule has 0 bridgehead atoms. The summed E-state index contributed by atoms with van der Waals surface area (Å²) in [6.07, 6.45) is 2.58. The predicted molar refractivity (Wildman–Crippen MR) is 113 cm³/mol. The third-order valence-corrected chi connectivity index (χ3v) is 4.46. The summed E-state index contributed by atoms with van der Waals surface area (Å²) in [4.78, 5) is 20.9. The van der Waals surface area contributed by atoms with E-state index in [1.54, 1.807) is 18.9 Å². The van der Waals surface area contributed by atoms with Gasteiger partial charge in [0.15, 0.2) is 5.96 Å². The van der Waals surface area contributed by atoms with Crippen LogP contribution in [0.15, 0.2) is 16.8 Å². The predicted octanol–water partition coefficient (Wildman–Crippen LogP) is 0.818. The van der Waals surface area contributed by atoms with Crippen LogP contribution in [0.3, 0.4) is 0 Å². The molecule has 2 rings (SSSR count). The molecule has 0 aliphatic rings. The molecule has 0 saturated heterocycles. The van der Waals surface area contributed by atoms with Crippen LogP contribution >= 0.6 is 35.3 Å². The Morgan fingerprint density at radius 1 is 1.27 bits per heavy atom. The minimum atomic E-state index is -0.0931. The van der Waals surface area contributed by atoms with Gasteiger partial charge in [-0.15, -0.1) is 45.5 Å². The van der Waals surface area contributed by atoms with Crippen molar-refractivity contribution in [2.75, 3.05) is 26.7 Å². The maximum atomic E-state index is 12.0. The fraction of sp³-hybridized carbons (Fsp3) is 0.533. The summed E-state index contributed by atoms with van der Waals surface area (Å²) in [6, 6.07) is 0. The number of rotatable bonds is 8. The van der Waals surface area contributed by atoms with Crippen molar-refractivity contribution >= 4 is 47.2 Å². The molecule has 0 aliphatic heterocycles. The zero-order valence-electron chi connectivity index (χ0n) is 15.2. The molecule has 0 spiro atoms. The minimum Gasteiger partial charge on any atom is -0.355 e. The normalized spacial score (nSPS) is 11.0. The second-order valence-electron chi connectivity index (χ2n) is 5.24. The molecular formula is C15H25IN8OS. The Morgan fingerprint density at radius 2 is 2.00 bits per heavy atom. The van der Waals surface area contributed by atoms with E-state index in [2.05, 4.69) is 43.0 Å². The molecule has 0 aromatic carbocycles.